The molecule has 1 atom stereocenters. The predicted molar refractivity (Wildman–Crippen MR) is 83.7 cm³/mol. The highest BCUT2D eigenvalue weighted by atomic mass is 79.9. The zero-order chi connectivity index (χ0) is 13.9. The van der Waals surface area contributed by atoms with Crippen molar-refractivity contribution in [3.8, 4) is 5.75 Å². The fourth-order valence-corrected chi connectivity index (χ4v) is 3.58. The van der Waals surface area contributed by atoms with Gasteiger partial charge in [-0.3, -0.25) is 0 Å². The van der Waals surface area contributed by atoms with Crippen LogP contribution in [0.2, 0.25) is 0 Å². The van der Waals surface area contributed by atoms with Gasteiger partial charge in [0.25, 0.3) is 0 Å². The topological polar surface area (TPSA) is 21.3 Å². The minimum Gasteiger partial charge on any atom is -0.487 e. The van der Waals surface area contributed by atoms with Gasteiger partial charge in [0.2, 0.25) is 0 Å². The predicted octanol–water partition coefficient (Wildman–Crippen LogP) is 4.83. The van der Waals surface area contributed by atoms with Crippen LogP contribution in [-0.4, -0.2) is 12.6 Å². The van der Waals surface area contributed by atoms with Gasteiger partial charge in [-0.1, -0.05) is 48.7 Å². The summed E-state index contributed by atoms with van der Waals surface area (Å²) in [5.74, 6) is 1.04. The Morgan fingerprint density at radius 1 is 1.32 bits per heavy atom. The normalized spacial score (nSPS) is 20.7. The molecule has 0 radical (unpaired) electrons. The van der Waals surface area contributed by atoms with Gasteiger partial charge in [0, 0.05) is 22.5 Å². The van der Waals surface area contributed by atoms with E-state index in [4.69, 9.17) is 4.74 Å². The van der Waals surface area contributed by atoms with E-state index in [1.165, 1.54) is 18.4 Å². The summed E-state index contributed by atoms with van der Waals surface area (Å²) < 4.78 is 7.53. The Hall–Kier alpha value is -0.540. The van der Waals surface area contributed by atoms with E-state index in [2.05, 4.69) is 53.3 Å². The van der Waals surface area contributed by atoms with Crippen molar-refractivity contribution in [2.24, 2.45) is 0 Å². The molecule has 0 spiro atoms. The third-order valence-electron chi connectivity index (χ3n) is 4.01. The molecule has 0 amide bonds. The molecule has 0 aliphatic carbocycles. The van der Waals surface area contributed by atoms with Crippen molar-refractivity contribution in [2.75, 3.05) is 7.05 Å². The maximum atomic E-state index is 6.44. The summed E-state index contributed by atoms with van der Waals surface area (Å²) in [6.07, 6.45) is 5.66. The van der Waals surface area contributed by atoms with Crippen LogP contribution in [0.5, 0.6) is 5.75 Å². The van der Waals surface area contributed by atoms with Crippen LogP contribution < -0.4 is 10.1 Å². The number of hydrogen-bond donors (Lipinski definition) is 1. The summed E-state index contributed by atoms with van der Waals surface area (Å²) >= 11 is 3.55. The first-order valence-corrected chi connectivity index (χ1v) is 8.09. The van der Waals surface area contributed by atoms with Gasteiger partial charge in [-0.25, -0.2) is 0 Å². The third kappa shape index (κ3) is 3.14. The number of ether oxygens (including phenoxy) is 1. The van der Waals surface area contributed by atoms with Crippen LogP contribution in [0.15, 0.2) is 22.7 Å². The van der Waals surface area contributed by atoms with Crippen molar-refractivity contribution < 1.29 is 4.74 Å². The molecule has 0 bridgehead atoms. The molecule has 1 aliphatic heterocycles. The summed E-state index contributed by atoms with van der Waals surface area (Å²) in [4.78, 5) is 0. The molecule has 2 nitrogen and oxygen atoms in total. The van der Waals surface area contributed by atoms with Crippen molar-refractivity contribution in [1.29, 1.82) is 0 Å². The molecule has 1 aromatic rings. The van der Waals surface area contributed by atoms with E-state index in [1.54, 1.807) is 0 Å². The van der Waals surface area contributed by atoms with Gasteiger partial charge in [0.15, 0.2) is 0 Å². The van der Waals surface area contributed by atoms with Crippen LogP contribution in [0.3, 0.4) is 0 Å². The van der Waals surface area contributed by atoms with Gasteiger partial charge in [0.1, 0.15) is 11.4 Å². The van der Waals surface area contributed by atoms with Crippen molar-refractivity contribution >= 4 is 15.9 Å². The molecule has 106 valence electrons. The molecule has 0 saturated carbocycles. The minimum atomic E-state index is 0.00493. The van der Waals surface area contributed by atoms with Crippen LogP contribution in [0.4, 0.5) is 0 Å². The van der Waals surface area contributed by atoms with Crippen molar-refractivity contribution in [3.05, 3.63) is 28.2 Å². The quantitative estimate of drug-likeness (QED) is 0.837. The Labute approximate surface area is 125 Å². The highest BCUT2D eigenvalue weighted by molar-refractivity contribution is 9.10. The number of hydrogen-bond acceptors (Lipinski definition) is 2. The standard InChI is InChI=1S/C16H24BrNO/c1-4-8-16(9-5-2)11-14(18-3)13-7-6-12(17)10-15(13)19-16/h6-7,10,14,18H,4-5,8-9,11H2,1-3H3. The second kappa shape index (κ2) is 6.27. The van der Waals surface area contributed by atoms with Crippen LogP contribution in [0.1, 0.15) is 57.6 Å². The molecule has 0 aromatic heterocycles. The van der Waals surface area contributed by atoms with Gasteiger partial charge in [0.05, 0.1) is 0 Å². The average molecular weight is 326 g/mol. The van der Waals surface area contributed by atoms with E-state index in [9.17, 15) is 0 Å². The molecule has 0 saturated heterocycles. The highest BCUT2D eigenvalue weighted by Crippen LogP contribution is 2.44. The Bertz CT molecular complexity index is 427. The zero-order valence-corrected chi connectivity index (χ0v) is 13.7. The van der Waals surface area contributed by atoms with Gasteiger partial charge in [-0.2, -0.15) is 0 Å². The maximum Gasteiger partial charge on any atom is 0.126 e. The molecule has 1 heterocycles. The molecule has 1 aromatic carbocycles. The smallest absolute Gasteiger partial charge is 0.126 e. The highest BCUT2D eigenvalue weighted by Gasteiger charge is 2.39. The molecular weight excluding hydrogens is 302 g/mol. The van der Waals surface area contributed by atoms with E-state index < -0.39 is 0 Å². The lowest BCUT2D eigenvalue weighted by Gasteiger charge is -2.42. The maximum absolute atomic E-state index is 6.44. The fraction of sp³-hybridized carbons (Fsp3) is 0.625. The lowest BCUT2D eigenvalue weighted by atomic mass is 9.81. The first kappa shape index (κ1) is 14.9. The number of fused-ring (bicyclic) bond motifs is 1. The van der Waals surface area contributed by atoms with Gasteiger partial charge in [-0.05, 0) is 32.0 Å². The minimum absolute atomic E-state index is 0.00493. The number of halogens is 1. The molecule has 0 fully saturated rings. The van der Waals surface area contributed by atoms with Crippen molar-refractivity contribution in [2.45, 2.75) is 57.6 Å². The summed E-state index contributed by atoms with van der Waals surface area (Å²) in [6, 6.07) is 6.77. The summed E-state index contributed by atoms with van der Waals surface area (Å²) in [7, 11) is 2.05. The molecule has 1 N–H and O–H groups in total. The molecule has 1 unspecified atom stereocenters. The van der Waals surface area contributed by atoms with Crippen LogP contribution in [0.25, 0.3) is 0 Å². The monoisotopic (exact) mass is 325 g/mol. The molecule has 1 aliphatic rings. The fourth-order valence-electron chi connectivity index (χ4n) is 3.24. The Kier molecular flexibility index (Phi) is 4.91. The van der Waals surface area contributed by atoms with Gasteiger partial charge in [-0.15, -0.1) is 0 Å². The number of benzene rings is 1. The molecule has 3 heteroatoms. The molecular formula is C16H24BrNO. The SMILES string of the molecule is CCCC1(CCC)CC(NC)c2ccc(Br)cc2O1. The average Bonchev–Trinajstić information content (AvgIpc) is 2.38. The van der Waals surface area contributed by atoms with E-state index >= 15 is 0 Å². The first-order valence-electron chi connectivity index (χ1n) is 7.30. The van der Waals surface area contributed by atoms with Crippen molar-refractivity contribution in [1.82, 2.24) is 5.32 Å². The summed E-state index contributed by atoms with van der Waals surface area (Å²) in [6.45, 7) is 4.48. The van der Waals surface area contributed by atoms with Gasteiger partial charge >= 0.3 is 0 Å². The largest absolute Gasteiger partial charge is 0.487 e. The lowest BCUT2D eigenvalue weighted by molar-refractivity contribution is 0.0138. The van der Waals surface area contributed by atoms with Gasteiger partial charge < -0.3 is 10.1 Å². The Morgan fingerprint density at radius 3 is 2.58 bits per heavy atom. The van der Waals surface area contributed by atoms with Crippen LogP contribution in [0, 0.1) is 0 Å². The number of nitrogens with one attached hydrogen (secondary N) is 1. The van der Waals surface area contributed by atoms with Crippen LogP contribution >= 0.6 is 15.9 Å². The van der Waals surface area contributed by atoms with Crippen molar-refractivity contribution in [3.63, 3.8) is 0 Å². The summed E-state index contributed by atoms with van der Waals surface area (Å²) in [5.41, 5.74) is 1.29. The number of rotatable bonds is 5. The lowest BCUT2D eigenvalue weighted by Crippen LogP contribution is -2.43. The van der Waals surface area contributed by atoms with E-state index in [-0.39, 0.29) is 5.60 Å². The second-order valence-electron chi connectivity index (χ2n) is 5.51. The van der Waals surface area contributed by atoms with Crippen LogP contribution in [-0.2, 0) is 0 Å². The zero-order valence-electron chi connectivity index (χ0n) is 12.1. The first-order chi connectivity index (χ1) is 9.14. The molecule has 2 rings (SSSR count). The Balaban J connectivity index is 2.37. The summed E-state index contributed by atoms with van der Waals surface area (Å²) in [5, 5.41) is 3.46. The van der Waals surface area contributed by atoms with E-state index in [0.29, 0.717) is 6.04 Å². The second-order valence-corrected chi connectivity index (χ2v) is 6.43. The third-order valence-corrected chi connectivity index (χ3v) is 4.51. The van der Waals surface area contributed by atoms with E-state index in [0.717, 1.165) is 29.5 Å². The van der Waals surface area contributed by atoms with E-state index in [1.807, 2.05) is 7.05 Å². The molecule has 19 heavy (non-hydrogen) atoms. The Morgan fingerprint density at radius 2 is 2.00 bits per heavy atom.